The lowest BCUT2D eigenvalue weighted by Gasteiger charge is -1.97. The summed E-state index contributed by atoms with van der Waals surface area (Å²) in [6.45, 7) is 0.628. The minimum Gasteiger partial charge on any atom is -0.394 e. The molecular weight excluding hydrogens is 160 g/mol. The second-order valence-electron chi connectivity index (χ2n) is 2.43. The maximum Gasteiger partial charge on any atom is 0.266 e. The Hall–Kier alpha value is -1.07. The summed E-state index contributed by atoms with van der Waals surface area (Å²) in [5, 5.41) is 11.4. The predicted molar refractivity (Wildman–Crippen MR) is 42.9 cm³/mol. The number of nitrogens with zero attached hydrogens (tertiary/aromatic N) is 1. The molecule has 68 valence electrons. The van der Waals surface area contributed by atoms with Gasteiger partial charge in [0.2, 0.25) is 0 Å². The van der Waals surface area contributed by atoms with E-state index in [0.717, 1.165) is 5.69 Å². The first-order valence-electron chi connectivity index (χ1n) is 3.66. The number of methoxy groups -OCH3 is 1. The van der Waals surface area contributed by atoms with Gasteiger partial charge in [-0.05, 0) is 0 Å². The van der Waals surface area contributed by atoms with Crippen molar-refractivity contribution >= 4 is 0 Å². The van der Waals surface area contributed by atoms with Gasteiger partial charge in [-0.3, -0.25) is 14.6 Å². The summed E-state index contributed by atoms with van der Waals surface area (Å²) in [7, 11) is 1.56. The molecule has 0 aliphatic carbocycles. The van der Waals surface area contributed by atoms with Crippen molar-refractivity contribution in [2.24, 2.45) is 0 Å². The average Bonchev–Trinajstić information content (AvgIpc) is 2.34. The Bertz CT molecular complexity index is 289. The summed E-state index contributed by atoms with van der Waals surface area (Å²) in [6.07, 6.45) is 0. The lowest BCUT2D eigenvalue weighted by Crippen LogP contribution is -2.17. The maximum absolute atomic E-state index is 11.1. The van der Waals surface area contributed by atoms with E-state index in [1.54, 1.807) is 7.11 Å². The summed E-state index contributed by atoms with van der Waals surface area (Å²) in [5.41, 5.74) is 0.576. The summed E-state index contributed by atoms with van der Waals surface area (Å²) in [5.74, 6) is 0. The number of aromatic amines is 1. The van der Waals surface area contributed by atoms with Gasteiger partial charge in [-0.1, -0.05) is 0 Å². The Balaban J connectivity index is 2.78. The number of rotatable bonds is 4. The Kier molecular flexibility index (Phi) is 3.07. The standard InChI is InChI=1S/C7H12N2O3/c1-12-5-6-4-7(11)9(8-6)2-3-10/h4,8,10H,2-3,5H2,1H3. The van der Waals surface area contributed by atoms with Crippen LogP contribution in [0.1, 0.15) is 5.69 Å². The van der Waals surface area contributed by atoms with Gasteiger partial charge in [-0.25, -0.2) is 0 Å². The van der Waals surface area contributed by atoms with E-state index in [1.165, 1.54) is 10.7 Å². The van der Waals surface area contributed by atoms with Gasteiger partial charge in [0.15, 0.2) is 0 Å². The molecule has 1 aromatic rings. The van der Waals surface area contributed by atoms with Crippen LogP contribution in [0.4, 0.5) is 0 Å². The fraction of sp³-hybridized carbons (Fsp3) is 0.571. The molecule has 0 atom stereocenters. The minimum atomic E-state index is -0.142. The van der Waals surface area contributed by atoms with E-state index < -0.39 is 0 Å². The Morgan fingerprint density at radius 1 is 1.75 bits per heavy atom. The van der Waals surface area contributed by atoms with E-state index in [2.05, 4.69) is 5.10 Å². The predicted octanol–water partition coefficient (Wildman–Crippen LogP) is -0.685. The number of ether oxygens (including phenoxy) is 1. The van der Waals surface area contributed by atoms with E-state index >= 15 is 0 Å². The zero-order valence-electron chi connectivity index (χ0n) is 6.91. The first-order chi connectivity index (χ1) is 5.77. The van der Waals surface area contributed by atoms with E-state index in [4.69, 9.17) is 9.84 Å². The lowest BCUT2D eigenvalue weighted by atomic mass is 10.5. The van der Waals surface area contributed by atoms with Crippen LogP contribution in [0.2, 0.25) is 0 Å². The number of aliphatic hydroxyl groups excluding tert-OH is 1. The smallest absolute Gasteiger partial charge is 0.266 e. The molecule has 5 nitrogen and oxygen atoms in total. The molecule has 0 saturated heterocycles. The molecule has 0 unspecified atom stereocenters. The van der Waals surface area contributed by atoms with Crippen molar-refractivity contribution in [3.63, 3.8) is 0 Å². The van der Waals surface area contributed by atoms with Crippen molar-refractivity contribution in [1.82, 2.24) is 9.78 Å². The fourth-order valence-electron chi connectivity index (χ4n) is 0.983. The van der Waals surface area contributed by atoms with Crippen molar-refractivity contribution in [3.05, 3.63) is 22.1 Å². The van der Waals surface area contributed by atoms with Crippen molar-refractivity contribution in [3.8, 4) is 0 Å². The summed E-state index contributed by atoms with van der Waals surface area (Å²) in [4.78, 5) is 11.1. The molecular formula is C7H12N2O3. The van der Waals surface area contributed by atoms with Gasteiger partial charge in [0.05, 0.1) is 25.5 Å². The van der Waals surface area contributed by atoms with Crippen LogP contribution in [-0.4, -0.2) is 28.6 Å². The normalized spacial score (nSPS) is 10.5. The molecule has 0 saturated carbocycles. The molecule has 0 spiro atoms. The zero-order chi connectivity index (χ0) is 8.97. The molecule has 5 heteroatoms. The first-order valence-corrected chi connectivity index (χ1v) is 3.66. The Morgan fingerprint density at radius 2 is 2.50 bits per heavy atom. The Labute approximate surface area is 69.6 Å². The highest BCUT2D eigenvalue weighted by Crippen LogP contribution is 1.91. The third kappa shape index (κ3) is 1.96. The number of aromatic nitrogens is 2. The van der Waals surface area contributed by atoms with E-state index in [9.17, 15) is 4.79 Å². The highest BCUT2D eigenvalue weighted by molar-refractivity contribution is 4.97. The molecule has 2 N–H and O–H groups in total. The number of aliphatic hydroxyl groups is 1. The second-order valence-corrected chi connectivity index (χ2v) is 2.43. The molecule has 0 aliphatic rings. The minimum absolute atomic E-state index is 0.0488. The summed E-state index contributed by atoms with van der Waals surface area (Å²) >= 11 is 0. The fourth-order valence-corrected chi connectivity index (χ4v) is 0.983. The topological polar surface area (TPSA) is 67.2 Å². The van der Waals surface area contributed by atoms with Gasteiger partial charge in [-0.2, -0.15) is 0 Å². The third-order valence-corrected chi connectivity index (χ3v) is 1.47. The van der Waals surface area contributed by atoms with Crippen molar-refractivity contribution in [2.75, 3.05) is 13.7 Å². The van der Waals surface area contributed by atoms with E-state index in [1.807, 2.05) is 0 Å². The van der Waals surface area contributed by atoms with Crippen LogP contribution in [0.15, 0.2) is 10.9 Å². The number of nitrogens with one attached hydrogen (secondary N) is 1. The Morgan fingerprint density at radius 3 is 3.08 bits per heavy atom. The molecule has 0 aliphatic heterocycles. The van der Waals surface area contributed by atoms with Crippen LogP contribution in [0.25, 0.3) is 0 Å². The molecule has 1 rings (SSSR count). The van der Waals surface area contributed by atoms with Gasteiger partial charge in [-0.15, -0.1) is 0 Å². The molecule has 0 bridgehead atoms. The monoisotopic (exact) mass is 172 g/mol. The highest BCUT2D eigenvalue weighted by atomic mass is 16.5. The van der Waals surface area contributed by atoms with Crippen LogP contribution in [0.3, 0.4) is 0 Å². The molecule has 12 heavy (non-hydrogen) atoms. The van der Waals surface area contributed by atoms with Gasteiger partial charge >= 0.3 is 0 Å². The number of hydrogen-bond acceptors (Lipinski definition) is 3. The number of H-pyrrole nitrogens is 1. The summed E-state index contributed by atoms with van der Waals surface area (Å²) < 4.78 is 6.17. The molecule has 1 heterocycles. The molecule has 0 fully saturated rings. The highest BCUT2D eigenvalue weighted by Gasteiger charge is 2.00. The molecule has 0 aromatic carbocycles. The second kappa shape index (κ2) is 4.08. The van der Waals surface area contributed by atoms with Gasteiger partial charge in [0, 0.05) is 13.2 Å². The third-order valence-electron chi connectivity index (χ3n) is 1.47. The van der Waals surface area contributed by atoms with Crippen molar-refractivity contribution in [2.45, 2.75) is 13.2 Å². The van der Waals surface area contributed by atoms with Crippen LogP contribution in [-0.2, 0) is 17.9 Å². The van der Waals surface area contributed by atoms with Gasteiger partial charge in [0.25, 0.3) is 5.56 Å². The largest absolute Gasteiger partial charge is 0.394 e. The van der Waals surface area contributed by atoms with E-state index in [0.29, 0.717) is 13.2 Å². The molecule has 0 amide bonds. The average molecular weight is 172 g/mol. The molecule has 1 aromatic heterocycles. The number of hydrogen-bond donors (Lipinski definition) is 2. The van der Waals surface area contributed by atoms with Crippen LogP contribution >= 0.6 is 0 Å². The van der Waals surface area contributed by atoms with E-state index in [-0.39, 0.29) is 12.2 Å². The van der Waals surface area contributed by atoms with Gasteiger partial charge < -0.3 is 9.84 Å². The van der Waals surface area contributed by atoms with Gasteiger partial charge in [0.1, 0.15) is 0 Å². The quantitative estimate of drug-likeness (QED) is 0.632. The first kappa shape index (κ1) is 9.02. The lowest BCUT2D eigenvalue weighted by molar-refractivity contribution is 0.180. The van der Waals surface area contributed by atoms with Crippen LogP contribution in [0.5, 0.6) is 0 Å². The zero-order valence-corrected chi connectivity index (χ0v) is 6.91. The van der Waals surface area contributed by atoms with Crippen molar-refractivity contribution in [1.29, 1.82) is 0 Å². The maximum atomic E-state index is 11.1. The molecule has 0 radical (unpaired) electrons. The SMILES string of the molecule is COCc1cc(=O)n(CCO)[nH]1. The van der Waals surface area contributed by atoms with Crippen LogP contribution < -0.4 is 5.56 Å². The van der Waals surface area contributed by atoms with Crippen molar-refractivity contribution < 1.29 is 9.84 Å². The van der Waals surface area contributed by atoms with Crippen LogP contribution in [0, 0.1) is 0 Å². The summed E-state index contributed by atoms with van der Waals surface area (Å²) in [6, 6.07) is 1.46.